The molecule has 0 bridgehead atoms. The van der Waals surface area contributed by atoms with Gasteiger partial charge in [0.2, 0.25) is 0 Å². The Morgan fingerprint density at radius 2 is 2.60 bits per heavy atom. The van der Waals surface area contributed by atoms with E-state index in [9.17, 15) is 0 Å². The highest BCUT2D eigenvalue weighted by atomic mass is 14.9. The molecule has 1 fully saturated rings. The SMILES string of the molecule is CCB(C#N)C1CCNC1. The molecule has 1 saturated heterocycles. The maximum Gasteiger partial charge on any atom is 0.272 e. The Hall–Kier alpha value is -0.485. The third-order valence-electron chi connectivity index (χ3n) is 2.27. The monoisotopic (exact) mass is 136 g/mol. The number of nitrogens with one attached hydrogen (secondary N) is 1. The molecule has 0 radical (unpaired) electrons. The summed E-state index contributed by atoms with van der Waals surface area (Å²) in [5.41, 5.74) is 0. The van der Waals surface area contributed by atoms with E-state index >= 15 is 0 Å². The van der Waals surface area contributed by atoms with Crippen LogP contribution in [0.1, 0.15) is 13.3 Å². The molecule has 0 aliphatic carbocycles. The van der Waals surface area contributed by atoms with Gasteiger partial charge in [-0.25, -0.2) is 5.26 Å². The van der Waals surface area contributed by atoms with Gasteiger partial charge in [-0.15, -0.1) is 0 Å². The second kappa shape index (κ2) is 3.63. The van der Waals surface area contributed by atoms with Crippen LogP contribution in [0, 0.1) is 11.2 Å². The molecule has 0 aromatic rings. The average molecular weight is 136 g/mol. The van der Waals surface area contributed by atoms with Crippen molar-refractivity contribution in [3.8, 4) is 5.97 Å². The lowest BCUT2D eigenvalue weighted by Gasteiger charge is -2.07. The Morgan fingerprint density at radius 3 is 3.00 bits per heavy atom. The summed E-state index contributed by atoms with van der Waals surface area (Å²) in [6, 6.07) is 0. The Morgan fingerprint density at radius 1 is 1.80 bits per heavy atom. The Labute approximate surface area is 62.7 Å². The minimum absolute atomic E-state index is 0.287. The Kier molecular flexibility index (Phi) is 2.76. The highest BCUT2D eigenvalue weighted by molar-refractivity contribution is 6.68. The third-order valence-corrected chi connectivity index (χ3v) is 2.27. The van der Waals surface area contributed by atoms with Crippen molar-refractivity contribution in [2.24, 2.45) is 0 Å². The molecule has 10 heavy (non-hydrogen) atoms. The summed E-state index contributed by atoms with van der Waals surface area (Å²) in [5.74, 6) is 2.97. The summed E-state index contributed by atoms with van der Waals surface area (Å²) in [6.07, 6.45) is 2.19. The highest BCUT2D eigenvalue weighted by Crippen LogP contribution is 2.19. The number of nitrogens with zero attached hydrogens (tertiary/aromatic N) is 1. The van der Waals surface area contributed by atoms with Crippen LogP contribution >= 0.6 is 0 Å². The molecule has 1 N–H and O–H groups in total. The van der Waals surface area contributed by atoms with E-state index in [1.54, 1.807) is 0 Å². The van der Waals surface area contributed by atoms with E-state index in [1.807, 2.05) is 0 Å². The van der Waals surface area contributed by atoms with E-state index in [1.165, 1.54) is 6.42 Å². The second-order valence-corrected chi connectivity index (χ2v) is 2.90. The molecule has 1 unspecified atom stereocenters. The zero-order chi connectivity index (χ0) is 7.40. The first-order valence-electron chi connectivity index (χ1n) is 3.98. The zero-order valence-corrected chi connectivity index (χ0v) is 6.43. The smallest absolute Gasteiger partial charge is 0.272 e. The van der Waals surface area contributed by atoms with Crippen LogP contribution in [0.3, 0.4) is 0 Å². The largest absolute Gasteiger partial charge is 0.317 e. The van der Waals surface area contributed by atoms with Crippen LogP contribution in [0.5, 0.6) is 0 Å². The molecule has 0 spiro atoms. The summed E-state index contributed by atoms with van der Waals surface area (Å²) in [7, 11) is 0. The molecule has 0 saturated carbocycles. The van der Waals surface area contributed by atoms with Gasteiger partial charge in [0.1, 0.15) is 0 Å². The lowest BCUT2D eigenvalue weighted by molar-refractivity contribution is 0.853. The minimum atomic E-state index is 0.287. The first-order chi connectivity index (χ1) is 4.88. The van der Waals surface area contributed by atoms with Gasteiger partial charge in [0.25, 0.3) is 6.71 Å². The fourth-order valence-electron chi connectivity index (χ4n) is 1.55. The molecule has 1 aliphatic heterocycles. The van der Waals surface area contributed by atoms with Crippen LogP contribution < -0.4 is 5.32 Å². The number of hydrogen-bond acceptors (Lipinski definition) is 2. The van der Waals surface area contributed by atoms with Crippen LogP contribution in [-0.2, 0) is 0 Å². The average Bonchev–Trinajstić information content (AvgIpc) is 2.43. The van der Waals surface area contributed by atoms with Crippen LogP contribution in [-0.4, -0.2) is 19.8 Å². The number of nitriles is 1. The van der Waals surface area contributed by atoms with Crippen LogP contribution in [0.2, 0.25) is 12.1 Å². The van der Waals surface area contributed by atoms with E-state index in [4.69, 9.17) is 5.26 Å². The molecule has 2 nitrogen and oxygen atoms in total. The predicted molar refractivity (Wildman–Crippen MR) is 43.1 cm³/mol. The predicted octanol–water partition coefficient (Wildman–Crippen LogP) is 0.927. The molecule has 3 heteroatoms. The van der Waals surface area contributed by atoms with Crippen molar-refractivity contribution < 1.29 is 0 Å². The minimum Gasteiger partial charge on any atom is -0.317 e. The van der Waals surface area contributed by atoms with Crippen molar-refractivity contribution in [1.29, 1.82) is 5.26 Å². The van der Waals surface area contributed by atoms with Crippen molar-refractivity contribution in [3.63, 3.8) is 0 Å². The standard InChI is InChI=1S/C7H13BN2/c1-2-8(6-9)7-3-4-10-5-7/h7,10H,2-5H2,1H3. The maximum absolute atomic E-state index is 8.71. The third kappa shape index (κ3) is 1.51. The van der Waals surface area contributed by atoms with E-state index in [0.717, 1.165) is 19.4 Å². The highest BCUT2D eigenvalue weighted by Gasteiger charge is 2.26. The lowest BCUT2D eigenvalue weighted by Crippen LogP contribution is -2.20. The number of rotatable bonds is 2. The fraction of sp³-hybridized carbons (Fsp3) is 0.857. The summed E-state index contributed by atoms with van der Waals surface area (Å²) in [4.78, 5) is 0. The number of hydrogen-bond donors (Lipinski definition) is 1. The quantitative estimate of drug-likeness (QED) is 0.573. The molecule has 0 aromatic carbocycles. The van der Waals surface area contributed by atoms with Gasteiger partial charge in [-0.2, -0.15) is 0 Å². The summed E-state index contributed by atoms with van der Waals surface area (Å²) in [5, 5.41) is 12.0. The van der Waals surface area contributed by atoms with Gasteiger partial charge in [0.05, 0.1) is 0 Å². The molecular formula is C7H13BN2. The molecule has 1 rings (SSSR count). The van der Waals surface area contributed by atoms with E-state index in [-0.39, 0.29) is 6.71 Å². The van der Waals surface area contributed by atoms with Crippen molar-refractivity contribution in [3.05, 3.63) is 0 Å². The molecule has 54 valence electrons. The topological polar surface area (TPSA) is 35.8 Å². The summed E-state index contributed by atoms with van der Waals surface area (Å²) in [6.45, 7) is 4.52. The molecule has 1 atom stereocenters. The lowest BCUT2D eigenvalue weighted by atomic mass is 9.40. The van der Waals surface area contributed by atoms with Crippen molar-refractivity contribution in [2.45, 2.75) is 25.5 Å². The van der Waals surface area contributed by atoms with Crippen molar-refractivity contribution in [1.82, 2.24) is 5.32 Å². The van der Waals surface area contributed by atoms with E-state index < -0.39 is 0 Å². The molecule has 1 aliphatic rings. The van der Waals surface area contributed by atoms with Crippen molar-refractivity contribution in [2.75, 3.05) is 13.1 Å². The molecule has 0 amide bonds. The maximum atomic E-state index is 8.71. The van der Waals surface area contributed by atoms with Gasteiger partial charge in [0.15, 0.2) is 0 Å². The van der Waals surface area contributed by atoms with Crippen LogP contribution in [0.25, 0.3) is 0 Å². The van der Waals surface area contributed by atoms with Crippen LogP contribution in [0.4, 0.5) is 0 Å². The normalized spacial score (nSPS) is 24.2. The second-order valence-electron chi connectivity index (χ2n) is 2.90. The van der Waals surface area contributed by atoms with E-state index in [2.05, 4.69) is 18.2 Å². The first-order valence-corrected chi connectivity index (χ1v) is 3.98. The van der Waals surface area contributed by atoms with Gasteiger partial charge < -0.3 is 5.32 Å². The van der Waals surface area contributed by atoms with Gasteiger partial charge in [-0.05, 0) is 25.3 Å². The van der Waals surface area contributed by atoms with E-state index in [0.29, 0.717) is 5.82 Å². The fourth-order valence-corrected chi connectivity index (χ4v) is 1.55. The van der Waals surface area contributed by atoms with Gasteiger partial charge >= 0.3 is 0 Å². The summed E-state index contributed by atoms with van der Waals surface area (Å²) < 4.78 is 0. The summed E-state index contributed by atoms with van der Waals surface area (Å²) >= 11 is 0. The van der Waals surface area contributed by atoms with Crippen LogP contribution in [0.15, 0.2) is 0 Å². The molecular weight excluding hydrogens is 123 g/mol. The van der Waals surface area contributed by atoms with Crippen molar-refractivity contribution >= 4 is 6.71 Å². The first kappa shape index (κ1) is 7.62. The molecule has 0 aromatic heterocycles. The Balaban J connectivity index is 2.38. The molecule has 1 heterocycles. The zero-order valence-electron chi connectivity index (χ0n) is 6.43. The van der Waals surface area contributed by atoms with Gasteiger partial charge in [-0.1, -0.05) is 13.2 Å². The van der Waals surface area contributed by atoms with Gasteiger partial charge in [0, 0.05) is 5.97 Å². The Bertz CT molecular complexity index is 135. The van der Waals surface area contributed by atoms with Gasteiger partial charge in [-0.3, -0.25) is 0 Å².